The molecule has 5 heteroatoms. The summed E-state index contributed by atoms with van der Waals surface area (Å²) in [4.78, 5) is 10.5. The quantitative estimate of drug-likeness (QED) is 0.583. The Balaban J connectivity index is 2.63. The zero-order valence-corrected chi connectivity index (χ0v) is 9.83. The Morgan fingerprint density at radius 2 is 2.33 bits per heavy atom. The Morgan fingerprint density at radius 3 is 3.00 bits per heavy atom. The van der Waals surface area contributed by atoms with Gasteiger partial charge in [0.15, 0.2) is 0 Å². The third-order valence-electron chi connectivity index (χ3n) is 2.55. The van der Waals surface area contributed by atoms with E-state index in [1.165, 1.54) is 0 Å². The van der Waals surface area contributed by atoms with Gasteiger partial charge in [0.05, 0.1) is 16.0 Å². The van der Waals surface area contributed by atoms with E-state index in [1.807, 2.05) is 0 Å². The Labute approximate surface area is 95.5 Å². The molecule has 0 spiro atoms. The van der Waals surface area contributed by atoms with Crippen molar-refractivity contribution in [2.75, 3.05) is 6.61 Å². The van der Waals surface area contributed by atoms with E-state index < -0.39 is 0 Å². The summed E-state index contributed by atoms with van der Waals surface area (Å²) in [6, 6.07) is 1.62. The van der Waals surface area contributed by atoms with Crippen LogP contribution in [0.3, 0.4) is 0 Å². The van der Waals surface area contributed by atoms with E-state index in [2.05, 4.69) is 15.9 Å². The highest BCUT2D eigenvalue weighted by atomic mass is 79.9. The molecule has 1 aromatic rings. The van der Waals surface area contributed by atoms with Crippen LogP contribution in [-0.4, -0.2) is 11.5 Å². The second-order valence-corrected chi connectivity index (χ2v) is 4.33. The molecule has 0 unspecified atom stereocenters. The Hall–Kier alpha value is -1.10. The van der Waals surface area contributed by atoms with Gasteiger partial charge in [0, 0.05) is 17.2 Å². The number of hydrogen-bond donors (Lipinski definition) is 0. The van der Waals surface area contributed by atoms with Crippen molar-refractivity contribution in [3.8, 4) is 5.75 Å². The maximum absolute atomic E-state index is 10.8. The van der Waals surface area contributed by atoms with Crippen molar-refractivity contribution < 1.29 is 9.66 Å². The van der Waals surface area contributed by atoms with Crippen molar-refractivity contribution >= 4 is 21.6 Å². The molecule has 80 valence electrons. The van der Waals surface area contributed by atoms with Crippen LogP contribution in [0.4, 0.5) is 5.69 Å². The number of aryl methyl sites for hydroxylation is 1. The van der Waals surface area contributed by atoms with Gasteiger partial charge in [-0.1, -0.05) is 0 Å². The lowest BCUT2D eigenvalue weighted by Crippen LogP contribution is -2.10. The molecule has 2 rings (SSSR count). The molecular weight excluding hydrogens is 262 g/mol. The third kappa shape index (κ3) is 1.71. The topological polar surface area (TPSA) is 52.4 Å². The summed E-state index contributed by atoms with van der Waals surface area (Å²) in [5.41, 5.74) is 1.71. The Morgan fingerprint density at radius 1 is 1.60 bits per heavy atom. The van der Waals surface area contributed by atoms with E-state index in [0.29, 0.717) is 16.6 Å². The minimum absolute atomic E-state index is 0.158. The molecule has 1 aliphatic heterocycles. The van der Waals surface area contributed by atoms with Crippen LogP contribution in [0, 0.1) is 17.0 Å². The molecule has 0 fully saturated rings. The van der Waals surface area contributed by atoms with E-state index in [-0.39, 0.29) is 10.6 Å². The maximum Gasteiger partial charge on any atom is 0.273 e. The number of hydrogen-bond acceptors (Lipinski definition) is 3. The molecule has 1 aromatic carbocycles. The number of rotatable bonds is 1. The van der Waals surface area contributed by atoms with Gasteiger partial charge < -0.3 is 4.74 Å². The largest absolute Gasteiger partial charge is 0.492 e. The molecule has 0 saturated heterocycles. The molecule has 1 aliphatic rings. The van der Waals surface area contributed by atoms with Crippen molar-refractivity contribution in [2.24, 2.45) is 0 Å². The minimum atomic E-state index is -0.352. The predicted molar refractivity (Wildman–Crippen MR) is 59.3 cm³/mol. The summed E-state index contributed by atoms with van der Waals surface area (Å²) >= 11 is 3.36. The number of ether oxygens (including phenoxy) is 1. The molecule has 0 N–H and O–H groups in total. The second kappa shape index (κ2) is 3.81. The fourth-order valence-electron chi connectivity index (χ4n) is 1.73. The average molecular weight is 272 g/mol. The van der Waals surface area contributed by atoms with Crippen LogP contribution < -0.4 is 4.74 Å². The highest BCUT2D eigenvalue weighted by Crippen LogP contribution is 2.40. The average Bonchev–Trinajstić information content (AvgIpc) is 2.23. The standard InChI is InChI=1S/C10H10BrNO3/c1-6-8(12(13)14)5-7-3-2-4-15-10(7)9(6)11/h5H,2-4H2,1H3. The zero-order valence-electron chi connectivity index (χ0n) is 8.25. The van der Waals surface area contributed by atoms with E-state index in [9.17, 15) is 10.1 Å². The fourth-order valence-corrected chi connectivity index (χ4v) is 2.30. The highest BCUT2D eigenvalue weighted by Gasteiger charge is 2.23. The van der Waals surface area contributed by atoms with Crippen LogP contribution in [-0.2, 0) is 6.42 Å². The van der Waals surface area contributed by atoms with Crippen molar-refractivity contribution in [1.82, 2.24) is 0 Å². The van der Waals surface area contributed by atoms with Crippen molar-refractivity contribution in [1.29, 1.82) is 0 Å². The van der Waals surface area contributed by atoms with Crippen LogP contribution in [0.1, 0.15) is 17.5 Å². The Bertz CT molecular complexity index is 431. The summed E-state index contributed by atoms with van der Waals surface area (Å²) in [5, 5.41) is 10.8. The summed E-state index contributed by atoms with van der Waals surface area (Å²) < 4.78 is 6.21. The van der Waals surface area contributed by atoms with Gasteiger partial charge in [-0.3, -0.25) is 10.1 Å². The summed E-state index contributed by atoms with van der Waals surface area (Å²) in [6.07, 6.45) is 1.76. The van der Waals surface area contributed by atoms with Crippen molar-refractivity contribution in [3.63, 3.8) is 0 Å². The molecule has 0 radical (unpaired) electrons. The molecule has 0 saturated carbocycles. The van der Waals surface area contributed by atoms with Gasteiger partial charge in [-0.25, -0.2) is 0 Å². The zero-order chi connectivity index (χ0) is 11.0. The molecule has 4 nitrogen and oxygen atoms in total. The van der Waals surface area contributed by atoms with Crippen LogP contribution in [0.2, 0.25) is 0 Å². The SMILES string of the molecule is Cc1c([N+](=O)[O-])cc2c(c1Br)OCCC2. The molecule has 0 aromatic heterocycles. The van der Waals surface area contributed by atoms with E-state index in [1.54, 1.807) is 13.0 Å². The number of nitro groups is 1. The monoisotopic (exact) mass is 271 g/mol. The fraction of sp³-hybridized carbons (Fsp3) is 0.400. The van der Waals surface area contributed by atoms with Gasteiger partial charge in [-0.05, 0) is 35.7 Å². The smallest absolute Gasteiger partial charge is 0.273 e. The first-order valence-corrected chi connectivity index (χ1v) is 5.49. The summed E-state index contributed by atoms with van der Waals surface area (Å²) in [5.74, 6) is 0.768. The maximum atomic E-state index is 10.8. The molecule has 0 atom stereocenters. The Kier molecular flexibility index (Phi) is 2.65. The van der Waals surface area contributed by atoms with E-state index >= 15 is 0 Å². The van der Waals surface area contributed by atoms with Gasteiger partial charge in [0.1, 0.15) is 5.75 Å². The summed E-state index contributed by atoms with van der Waals surface area (Å²) in [7, 11) is 0. The molecule has 1 heterocycles. The highest BCUT2D eigenvalue weighted by molar-refractivity contribution is 9.10. The molecular formula is C10H10BrNO3. The summed E-state index contributed by atoms with van der Waals surface area (Å²) in [6.45, 7) is 2.41. The molecule has 0 amide bonds. The lowest BCUT2D eigenvalue weighted by Gasteiger charge is -2.19. The normalized spacial score (nSPS) is 14.3. The number of benzene rings is 1. The number of halogens is 1. The lowest BCUT2D eigenvalue weighted by molar-refractivity contribution is -0.385. The van der Waals surface area contributed by atoms with Gasteiger partial charge in [-0.2, -0.15) is 0 Å². The number of nitro benzene ring substituents is 1. The van der Waals surface area contributed by atoms with Gasteiger partial charge >= 0.3 is 0 Å². The van der Waals surface area contributed by atoms with Crippen molar-refractivity contribution in [3.05, 3.63) is 31.8 Å². The third-order valence-corrected chi connectivity index (χ3v) is 3.50. The van der Waals surface area contributed by atoms with Crippen LogP contribution in [0.15, 0.2) is 10.5 Å². The first-order chi connectivity index (χ1) is 7.11. The van der Waals surface area contributed by atoms with Crippen LogP contribution in [0.25, 0.3) is 0 Å². The van der Waals surface area contributed by atoms with Gasteiger partial charge in [0.25, 0.3) is 5.69 Å². The molecule has 15 heavy (non-hydrogen) atoms. The van der Waals surface area contributed by atoms with Gasteiger partial charge in [-0.15, -0.1) is 0 Å². The molecule has 0 aliphatic carbocycles. The first kappa shape index (κ1) is 10.4. The molecule has 0 bridgehead atoms. The van der Waals surface area contributed by atoms with E-state index in [4.69, 9.17) is 4.74 Å². The van der Waals surface area contributed by atoms with E-state index in [0.717, 1.165) is 24.2 Å². The van der Waals surface area contributed by atoms with Crippen molar-refractivity contribution in [2.45, 2.75) is 19.8 Å². The van der Waals surface area contributed by atoms with Crippen LogP contribution >= 0.6 is 15.9 Å². The minimum Gasteiger partial charge on any atom is -0.492 e. The first-order valence-electron chi connectivity index (χ1n) is 4.70. The van der Waals surface area contributed by atoms with Crippen LogP contribution in [0.5, 0.6) is 5.75 Å². The predicted octanol–water partition coefficient (Wildman–Crippen LogP) is 2.99. The number of fused-ring (bicyclic) bond motifs is 1. The number of nitrogens with zero attached hydrogens (tertiary/aromatic N) is 1. The lowest BCUT2D eigenvalue weighted by atomic mass is 10.0. The second-order valence-electron chi connectivity index (χ2n) is 3.53. The van der Waals surface area contributed by atoms with Gasteiger partial charge in [0.2, 0.25) is 0 Å².